The first-order valence-corrected chi connectivity index (χ1v) is 8.25. The molecule has 1 aromatic heterocycles. The number of hydrogen-bond acceptors (Lipinski definition) is 4. The summed E-state index contributed by atoms with van der Waals surface area (Å²) in [7, 11) is 1.17. The van der Waals surface area contributed by atoms with Gasteiger partial charge in [0.2, 0.25) is 5.69 Å². The van der Waals surface area contributed by atoms with Crippen LogP contribution >= 0.6 is 0 Å². The number of hydrogen-bond donors (Lipinski definition) is 0. The molecule has 24 heavy (non-hydrogen) atoms. The van der Waals surface area contributed by atoms with E-state index in [9.17, 15) is 22.5 Å². The van der Waals surface area contributed by atoms with E-state index < -0.39 is 28.9 Å². The molecule has 2 rings (SSSR count). The van der Waals surface area contributed by atoms with E-state index in [4.69, 9.17) is 0 Å². The van der Waals surface area contributed by atoms with E-state index >= 15 is 0 Å². The lowest BCUT2D eigenvalue weighted by Gasteiger charge is -2.12. The lowest BCUT2D eigenvalue weighted by molar-refractivity contribution is -0.137. The van der Waals surface area contributed by atoms with Gasteiger partial charge >= 0.3 is 12.1 Å². The van der Waals surface area contributed by atoms with Crippen molar-refractivity contribution in [2.24, 2.45) is 0 Å². The van der Waals surface area contributed by atoms with Crippen LogP contribution in [0.4, 0.5) is 13.2 Å². The fraction of sp³-hybridized carbons (Fsp3) is 0.250. The molecule has 1 unspecified atom stereocenters. The summed E-state index contributed by atoms with van der Waals surface area (Å²) in [5, 5.41) is 0. The molecule has 4 nitrogen and oxygen atoms in total. The van der Waals surface area contributed by atoms with Gasteiger partial charge in [0, 0.05) is 5.56 Å². The number of carbonyl (C=O) groups excluding carboxylic acids is 1. The molecule has 128 valence electrons. The molecule has 0 spiro atoms. The van der Waals surface area contributed by atoms with Crippen LogP contribution in [-0.4, -0.2) is 28.4 Å². The van der Waals surface area contributed by atoms with Crippen molar-refractivity contribution in [1.29, 1.82) is 0 Å². The van der Waals surface area contributed by atoms with E-state index in [-0.39, 0.29) is 10.6 Å². The first kappa shape index (κ1) is 18.3. The van der Waals surface area contributed by atoms with Gasteiger partial charge in [-0.1, -0.05) is 12.1 Å². The Bertz CT molecular complexity index is 732. The summed E-state index contributed by atoms with van der Waals surface area (Å²) in [5.41, 5.74) is -0.179. The Morgan fingerprint density at radius 3 is 2.33 bits per heavy atom. The summed E-state index contributed by atoms with van der Waals surface area (Å²) in [5.74, 6) is -0.453. The van der Waals surface area contributed by atoms with E-state index in [0.717, 1.165) is 12.1 Å². The normalized spacial score (nSPS) is 12.8. The zero-order chi connectivity index (χ0) is 17.9. The van der Waals surface area contributed by atoms with Gasteiger partial charge < -0.3 is 9.29 Å². The molecule has 0 aliphatic rings. The number of ether oxygens (including phenoxy) is 1. The molecule has 2 aromatic rings. The van der Waals surface area contributed by atoms with Crippen LogP contribution < -0.4 is 0 Å². The molecule has 0 bridgehead atoms. The number of methoxy groups -OCH3 is 1. The number of rotatable bonds is 4. The van der Waals surface area contributed by atoms with Crippen molar-refractivity contribution < 1.29 is 27.3 Å². The van der Waals surface area contributed by atoms with Crippen LogP contribution in [0.1, 0.15) is 23.0 Å². The highest BCUT2D eigenvalue weighted by Crippen LogP contribution is 2.31. The van der Waals surface area contributed by atoms with Crippen LogP contribution in [0.5, 0.6) is 0 Å². The Balaban J connectivity index is 2.46. The Hall–Kier alpha value is -2.06. The van der Waals surface area contributed by atoms with E-state index in [1.807, 2.05) is 0 Å². The van der Waals surface area contributed by atoms with Gasteiger partial charge in [-0.2, -0.15) is 13.2 Å². The van der Waals surface area contributed by atoms with E-state index in [2.05, 4.69) is 9.72 Å². The molecule has 1 heterocycles. The summed E-state index contributed by atoms with van der Waals surface area (Å²) in [6, 6.07) is 7.40. The SMILES string of the molecule is CC[S+]([O-])c1ccc(-c2ccc(C(F)(F)F)cc2)nc1C(=O)OC. The number of benzene rings is 1. The number of halogens is 3. The average molecular weight is 357 g/mol. The maximum Gasteiger partial charge on any atom is 0.416 e. The van der Waals surface area contributed by atoms with Crippen molar-refractivity contribution in [2.45, 2.75) is 18.0 Å². The maximum absolute atomic E-state index is 12.6. The van der Waals surface area contributed by atoms with Crippen LogP contribution in [0.3, 0.4) is 0 Å². The zero-order valence-electron chi connectivity index (χ0n) is 12.9. The number of aromatic nitrogens is 1. The van der Waals surface area contributed by atoms with E-state index in [1.54, 1.807) is 6.92 Å². The third-order valence-corrected chi connectivity index (χ3v) is 4.60. The second kappa shape index (κ2) is 7.23. The lowest BCUT2D eigenvalue weighted by Crippen LogP contribution is -2.14. The van der Waals surface area contributed by atoms with Crippen LogP contribution in [0.15, 0.2) is 41.3 Å². The molecular formula is C16H14F3NO3S. The molecule has 0 radical (unpaired) electrons. The Morgan fingerprint density at radius 1 is 1.21 bits per heavy atom. The van der Waals surface area contributed by atoms with Gasteiger partial charge in [0.25, 0.3) is 0 Å². The number of alkyl halides is 3. The molecule has 0 fully saturated rings. The monoisotopic (exact) mass is 357 g/mol. The summed E-state index contributed by atoms with van der Waals surface area (Å²) in [6.07, 6.45) is -4.43. The van der Waals surface area contributed by atoms with Gasteiger partial charge in [0.1, 0.15) is 5.75 Å². The van der Waals surface area contributed by atoms with Crippen molar-refractivity contribution in [3.05, 3.63) is 47.7 Å². The van der Waals surface area contributed by atoms with Gasteiger partial charge in [-0.05, 0) is 42.4 Å². The molecular weight excluding hydrogens is 343 g/mol. The first-order valence-electron chi connectivity index (χ1n) is 6.93. The highest BCUT2D eigenvalue weighted by molar-refractivity contribution is 7.91. The van der Waals surface area contributed by atoms with Gasteiger partial charge in [-0.3, -0.25) is 0 Å². The summed E-state index contributed by atoms with van der Waals surface area (Å²) in [6.45, 7) is 1.70. The quantitative estimate of drug-likeness (QED) is 0.619. The predicted molar refractivity (Wildman–Crippen MR) is 83.0 cm³/mol. The number of pyridine rings is 1. The summed E-state index contributed by atoms with van der Waals surface area (Å²) in [4.78, 5) is 16.2. The largest absolute Gasteiger partial charge is 0.611 e. The van der Waals surface area contributed by atoms with Crippen LogP contribution in [0.25, 0.3) is 11.3 Å². The fourth-order valence-corrected chi connectivity index (χ4v) is 2.89. The first-order chi connectivity index (χ1) is 11.3. The predicted octanol–water partition coefficient (Wildman–Crippen LogP) is 3.68. The molecule has 0 N–H and O–H groups in total. The minimum Gasteiger partial charge on any atom is -0.611 e. The smallest absolute Gasteiger partial charge is 0.416 e. The van der Waals surface area contributed by atoms with Crippen molar-refractivity contribution >= 4 is 17.1 Å². The van der Waals surface area contributed by atoms with Crippen LogP contribution in [-0.2, 0) is 22.1 Å². The fourth-order valence-electron chi connectivity index (χ4n) is 2.02. The van der Waals surface area contributed by atoms with Gasteiger partial charge in [0.15, 0.2) is 4.90 Å². The summed E-state index contributed by atoms with van der Waals surface area (Å²) < 4.78 is 54.5. The molecule has 0 saturated heterocycles. The minimum absolute atomic E-state index is 0.102. The lowest BCUT2D eigenvalue weighted by atomic mass is 10.1. The topological polar surface area (TPSA) is 62.2 Å². The molecule has 8 heteroatoms. The standard InChI is InChI=1S/C16H14F3NO3S/c1-3-24(22)13-9-8-12(20-14(13)15(21)23-2)10-4-6-11(7-5-10)16(17,18)19/h4-9H,3H2,1-2H3. The summed E-state index contributed by atoms with van der Waals surface area (Å²) >= 11 is -1.42. The van der Waals surface area contributed by atoms with E-state index in [1.165, 1.54) is 31.4 Å². The Morgan fingerprint density at radius 2 is 1.83 bits per heavy atom. The van der Waals surface area contributed by atoms with Crippen molar-refractivity contribution in [3.63, 3.8) is 0 Å². The van der Waals surface area contributed by atoms with Gasteiger partial charge in [-0.25, -0.2) is 9.78 Å². The number of nitrogens with zero attached hydrogens (tertiary/aromatic N) is 1. The molecule has 1 aromatic carbocycles. The molecule has 1 atom stereocenters. The van der Waals surface area contributed by atoms with Crippen molar-refractivity contribution in [1.82, 2.24) is 4.98 Å². The average Bonchev–Trinajstić information content (AvgIpc) is 2.59. The Kier molecular flexibility index (Phi) is 5.51. The van der Waals surface area contributed by atoms with Crippen LogP contribution in [0.2, 0.25) is 0 Å². The van der Waals surface area contributed by atoms with E-state index in [0.29, 0.717) is 17.0 Å². The molecule has 0 aliphatic heterocycles. The van der Waals surface area contributed by atoms with Crippen LogP contribution in [0, 0.1) is 0 Å². The highest BCUT2D eigenvalue weighted by atomic mass is 32.2. The van der Waals surface area contributed by atoms with Crippen molar-refractivity contribution in [3.8, 4) is 11.3 Å². The van der Waals surface area contributed by atoms with Gasteiger partial charge in [-0.15, -0.1) is 0 Å². The molecule has 0 amide bonds. The Labute approximate surface area is 139 Å². The third kappa shape index (κ3) is 3.88. The van der Waals surface area contributed by atoms with Gasteiger partial charge in [0.05, 0.1) is 18.4 Å². The molecule has 0 aliphatic carbocycles. The third-order valence-electron chi connectivity index (χ3n) is 3.25. The minimum atomic E-state index is -4.43. The molecule has 0 saturated carbocycles. The maximum atomic E-state index is 12.6. The van der Waals surface area contributed by atoms with Crippen molar-refractivity contribution in [2.75, 3.05) is 12.9 Å². The number of carbonyl (C=O) groups is 1. The number of esters is 1. The second-order valence-electron chi connectivity index (χ2n) is 4.74. The highest BCUT2D eigenvalue weighted by Gasteiger charge is 2.30. The second-order valence-corrected chi connectivity index (χ2v) is 6.45. The zero-order valence-corrected chi connectivity index (χ0v) is 13.7.